The zero-order chi connectivity index (χ0) is 24.6. The highest BCUT2D eigenvalue weighted by atomic mass is 32.2. The van der Waals surface area contributed by atoms with E-state index in [2.05, 4.69) is 5.32 Å². The molecule has 35 heavy (non-hydrogen) atoms. The third kappa shape index (κ3) is 5.00. The number of piperidine rings is 1. The van der Waals surface area contributed by atoms with E-state index in [0.717, 1.165) is 30.5 Å². The SMILES string of the molecule is C[C@@H]1Cc2cc(S(=O)(=O)N3CCC(C(=O)NCCc4ccccc4)CC3)ccc2N1C(=O)C1CC1. The lowest BCUT2D eigenvalue weighted by atomic mass is 9.97. The van der Waals surface area contributed by atoms with Gasteiger partial charge in [-0.05, 0) is 74.8 Å². The van der Waals surface area contributed by atoms with Gasteiger partial charge in [-0.2, -0.15) is 4.31 Å². The second-order valence-electron chi connectivity index (χ2n) is 10.0. The van der Waals surface area contributed by atoms with Crippen LogP contribution in [-0.4, -0.2) is 50.2 Å². The monoisotopic (exact) mass is 495 g/mol. The average molecular weight is 496 g/mol. The summed E-state index contributed by atoms with van der Waals surface area (Å²) >= 11 is 0. The number of fused-ring (bicyclic) bond motifs is 1. The minimum absolute atomic E-state index is 0.00455. The summed E-state index contributed by atoms with van der Waals surface area (Å²) in [6, 6.07) is 15.2. The van der Waals surface area contributed by atoms with Crippen molar-refractivity contribution >= 4 is 27.5 Å². The van der Waals surface area contributed by atoms with E-state index in [1.54, 1.807) is 18.2 Å². The maximum Gasteiger partial charge on any atom is 0.243 e. The first-order valence-corrected chi connectivity index (χ1v) is 14.1. The molecule has 2 aliphatic heterocycles. The second kappa shape index (κ2) is 9.74. The molecule has 1 saturated heterocycles. The second-order valence-corrected chi connectivity index (χ2v) is 12.0. The minimum Gasteiger partial charge on any atom is -0.356 e. The molecule has 1 aliphatic carbocycles. The molecule has 2 amide bonds. The fourth-order valence-electron chi connectivity index (χ4n) is 5.26. The summed E-state index contributed by atoms with van der Waals surface area (Å²) in [6.07, 6.45) is 4.38. The summed E-state index contributed by atoms with van der Waals surface area (Å²) in [5.74, 6) is 0.129. The van der Waals surface area contributed by atoms with Crippen molar-refractivity contribution in [3.05, 3.63) is 59.7 Å². The zero-order valence-electron chi connectivity index (χ0n) is 20.2. The highest BCUT2D eigenvalue weighted by molar-refractivity contribution is 7.89. The van der Waals surface area contributed by atoms with Gasteiger partial charge in [0.2, 0.25) is 21.8 Å². The molecule has 2 fully saturated rings. The van der Waals surface area contributed by atoms with E-state index in [1.165, 1.54) is 9.87 Å². The number of carbonyl (C=O) groups excluding carboxylic acids is 2. The fraction of sp³-hybridized carbons (Fsp3) is 0.481. The number of nitrogens with zero attached hydrogens (tertiary/aromatic N) is 2. The first-order valence-electron chi connectivity index (χ1n) is 12.6. The van der Waals surface area contributed by atoms with Gasteiger partial charge in [0, 0.05) is 43.2 Å². The van der Waals surface area contributed by atoms with Crippen molar-refractivity contribution in [1.82, 2.24) is 9.62 Å². The first kappa shape index (κ1) is 24.0. The van der Waals surface area contributed by atoms with E-state index < -0.39 is 10.0 Å². The third-order valence-corrected chi connectivity index (χ3v) is 9.34. The summed E-state index contributed by atoms with van der Waals surface area (Å²) < 4.78 is 28.2. The number of sulfonamides is 1. The number of rotatable bonds is 7. The smallest absolute Gasteiger partial charge is 0.243 e. The summed E-state index contributed by atoms with van der Waals surface area (Å²) in [5, 5.41) is 3.00. The van der Waals surface area contributed by atoms with Crippen LogP contribution in [0.1, 0.15) is 43.7 Å². The lowest BCUT2D eigenvalue weighted by molar-refractivity contribution is -0.126. The van der Waals surface area contributed by atoms with Gasteiger partial charge in [-0.3, -0.25) is 9.59 Å². The molecule has 0 aromatic heterocycles. The summed E-state index contributed by atoms with van der Waals surface area (Å²) in [6.45, 7) is 3.26. The Hall–Kier alpha value is -2.71. The molecule has 2 aromatic carbocycles. The minimum atomic E-state index is -3.65. The van der Waals surface area contributed by atoms with Crippen LogP contribution >= 0.6 is 0 Å². The van der Waals surface area contributed by atoms with Gasteiger partial charge in [-0.25, -0.2) is 8.42 Å². The number of nitrogens with one attached hydrogen (secondary N) is 1. The first-order chi connectivity index (χ1) is 16.8. The molecule has 0 spiro atoms. The van der Waals surface area contributed by atoms with Crippen LogP contribution in [0.2, 0.25) is 0 Å². The lowest BCUT2D eigenvalue weighted by Crippen LogP contribution is -2.43. The number of anilines is 1. The van der Waals surface area contributed by atoms with Crippen LogP contribution in [0.4, 0.5) is 5.69 Å². The third-order valence-electron chi connectivity index (χ3n) is 7.45. The lowest BCUT2D eigenvalue weighted by Gasteiger charge is -2.30. The molecule has 2 heterocycles. The fourth-order valence-corrected chi connectivity index (χ4v) is 6.78. The summed E-state index contributed by atoms with van der Waals surface area (Å²) in [7, 11) is -3.65. The quantitative estimate of drug-likeness (QED) is 0.639. The predicted octanol–water partition coefficient (Wildman–Crippen LogP) is 3.13. The maximum absolute atomic E-state index is 13.4. The van der Waals surface area contributed by atoms with Crippen LogP contribution < -0.4 is 10.2 Å². The largest absolute Gasteiger partial charge is 0.356 e. The van der Waals surface area contributed by atoms with Gasteiger partial charge in [0.05, 0.1) is 4.90 Å². The van der Waals surface area contributed by atoms with E-state index in [9.17, 15) is 18.0 Å². The molecule has 7 nitrogen and oxygen atoms in total. The molecule has 1 atom stereocenters. The standard InChI is InChI=1S/C27H33N3O4S/c1-19-17-23-18-24(9-10-25(23)30(19)27(32)22-7-8-22)35(33,34)29-15-12-21(13-16-29)26(31)28-14-11-20-5-3-2-4-6-20/h2-6,9-10,18-19,21-22H,7-8,11-17H2,1H3,(H,28,31)/t19-/m1/s1. The molecule has 8 heteroatoms. The molecule has 0 radical (unpaired) electrons. The maximum atomic E-state index is 13.4. The van der Waals surface area contributed by atoms with Crippen LogP contribution in [0, 0.1) is 11.8 Å². The van der Waals surface area contributed by atoms with E-state index in [4.69, 9.17) is 0 Å². The van der Waals surface area contributed by atoms with Crippen molar-refractivity contribution in [2.75, 3.05) is 24.5 Å². The molecule has 0 bridgehead atoms. The molecule has 186 valence electrons. The van der Waals surface area contributed by atoms with Crippen molar-refractivity contribution in [2.24, 2.45) is 11.8 Å². The van der Waals surface area contributed by atoms with Gasteiger partial charge < -0.3 is 10.2 Å². The van der Waals surface area contributed by atoms with Crippen LogP contribution in [-0.2, 0) is 32.5 Å². The molecule has 3 aliphatic rings. The van der Waals surface area contributed by atoms with E-state index in [-0.39, 0.29) is 34.6 Å². The van der Waals surface area contributed by atoms with Crippen LogP contribution in [0.5, 0.6) is 0 Å². The van der Waals surface area contributed by atoms with Crippen molar-refractivity contribution < 1.29 is 18.0 Å². The normalized spacial score (nSPS) is 21.1. The Labute approximate surface area is 207 Å². The summed E-state index contributed by atoms with van der Waals surface area (Å²) in [4.78, 5) is 27.4. The average Bonchev–Trinajstić information content (AvgIpc) is 3.66. The molecule has 0 unspecified atom stereocenters. The van der Waals surface area contributed by atoms with Crippen molar-refractivity contribution in [1.29, 1.82) is 0 Å². The van der Waals surface area contributed by atoms with Gasteiger partial charge in [-0.15, -0.1) is 0 Å². The topological polar surface area (TPSA) is 86.8 Å². The van der Waals surface area contributed by atoms with Crippen molar-refractivity contribution in [3.63, 3.8) is 0 Å². The Kier molecular flexibility index (Phi) is 6.68. The Bertz CT molecular complexity index is 1200. The molecular weight excluding hydrogens is 462 g/mol. The number of hydrogen-bond acceptors (Lipinski definition) is 4. The van der Waals surface area contributed by atoms with Crippen LogP contribution in [0.3, 0.4) is 0 Å². The Morgan fingerprint density at radius 2 is 1.69 bits per heavy atom. The van der Waals surface area contributed by atoms with E-state index >= 15 is 0 Å². The highest BCUT2D eigenvalue weighted by Gasteiger charge is 2.40. The van der Waals surface area contributed by atoms with Gasteiger partial charge in [0.1, 0.15) is 0 Å². The summed E-state index contributed by atoms with van der Waals surface area (Å²) in [5.41, 5.74) is 2.94. The number of amides is 2. The molecular formula is C27H33N3O4S. The van der Waals surface area contributed by atoms with Gasteiger partial charge >= 0.3 is 0 Å². The van der Waals surface area contributed by atoms with E-state index in [1.807, 2.05) is 42.2 Å². The van der Waals surface area contributed by atoms with Crippen LogP contribution in [0.15, 0.2) is 53.4 Å². The molecule has 1 saturated carbocycles. The van der Waals surface area contributed by atoms with Gasteiger partial charge in [0.15, 0.2) is 0 Å². The van der Waals surface area contributed by atoms with Crippen molar-refractivity contribution in [3.8, 4) is 0 Å². The van der Waals surface area contributed by atoms with Crippen molar-refractivity contribution in [2.45, 2.75) is 56.4 Å². The number of hydrogen-bond donors (Lipinski definition) is 1. The van der Waals surface area contributed by atoms with Gasteiger partial charge in [0.25, 0.3) is 0 Å². The Balaban J connectivity index is 1.18. The number of benzene rings is 2. The zero-order valence-corrected chi connectivity index (χ0v) is 21.0. The molecule has 2 aromatic rings. The van der Waals surface area contributed by atoms with Crippen LogP contribution in [0.25, 0.3) is 0 Å². The van der Waals surface area contributed by atoms with E-state index in [0.29, 0.717) is 38.9 Å². The van der Waals surface area contributed by atoms with Gasteiger partial charge in [-0.1, -0.05) is 30.3 Å². The molecule has 5 rings (SSSR count). The Morgan fingerprint density at radius 1 is 0.971 bits per heavy atom. The number of carbonyl (C=O) groups is 2. The molecule has 1 N–H and O–H groups in total. The highest BCUT2D eigenvalue weighted by Crippen LogP contribution is 2.40. The Morgan fingerprint density at radius 3 is 2.37 bits per heavy atom. The predicted molar refractivity (Wildman–Crippen MR) is 134 cm³/mol.